The predicted octanol–water partition coefficient (Wildman–Crippen LogP) is 1.56. The highest BCUT2D eigenvalue weighted by molar-refractivity contribution is 5.99. The molecule has 1 aliphatic rings. The van der Waals surface area contributed by atoms with Crippen LogP contribution in [0, 0.1) is 6.92 Å². The van der Waals surface area contributed by atoms with Crippen LogP contribution in [0.2, 0.25) is 0 Å². The number of nitrogens with zero attached hydrogens (tertiary/aromatic N) is 2. The number of nitrogens with two attached hydrogens (primary N) is 1. The van der Waals surface area contributed by atoms with Gasteiger partial charge in [-0.2, -0.15) is 0 Å². The first-order chi connectivity index (χ1) is 9.10. The van der Waals surface area contributed by atoms with E-state index in [1.165, 1.54) is 0 Å². The van der Waals surface area contributed by atoms with E-state index in [0.29, 0.717) is 11.3 Å². The lowest BCUT2D eigenvalue weighted by Gasteiger charge is -2.30. The summed E-state index contributed by atoms with van der Waals surface area (Å²) in [6.45, 7) is 4.07. The van der Waals surface area contributed by atoms with Gasteiger partial charge in [-0.25, -0.2) is 0 Å². The molecule has 0 atom stereocenters. The zero-order valence-electron chi connectivity index (χ0n) is 11.5. The Balaban J connectivity index is 2.16. The normalized spacial score (nSPS) is 18.5. The molecule has 5 nitrogen and oxygen atoms in total. The Bertz CT molecular complexity index is 466. The molecular weight excluding hydrogens is 242 g/mol. The zero-order chi connectivity index (χ0) is 13.8. The van der Waals surface area contributed by atoms with Gasteiger partial charge in [0.05, 0.1) is 5.56 Å². The van der Waals surface area contributed by atoms with Crippen LogP contribution in [-0.2, 0) is 0 Å². The fourth-order valence-electron chi connectivity index (χ4n) is 2.27. The number of rotatable bonds is 3. The van der Waals surface area contributed by atoms with E-state index in [2.05, 4.69) is 17.1 Å². The van der Waals surface area contributed by atoms with Crippen molar-refractivity contribution in [1.82, 2.24) is 4.90 Å². The van der Waals surface area contributed by atoms with Gasteiger partial charge in [-0.05, 0) is 44.5 Å². The van der Waals surface area contributed by atoms with Crippen molar-refractivity contribution in [3.8, 4) is 5.75 Å². The fourth-order valence-corrected chi connectivity index (χ4v) is 2.27. The number of ether oxygens (including phenoxy) is 1. The predicted molar refractivity (Wildman–Crippen MR) is 74.8 cm³/mol. The third kappa shape index (κ3) is 3.38. The summed E-state index contributed by atoms with van der Waals surface area (Å²) in [5.41, 5.74) is 7.42. The average molecular weight is 263 g/mol. The average Bonchev–Trinajstić information content (AvgIpc) is 2.41. The highest BCUT2D eigenvalue weighted by Gasteiger charge is 2.20. The van der Waals surface area contributed by atoms with Crippen molar-refractivity contribution in [1.29, 1.82) is 0 Å². The SMILES string of the molecule is Cc1ccc(C(N)=NO)c(OC2CCN(C)CC2)c1. The standard InChI is InChI=1S/C14H21N3O2/c1-10-3-4-12(14(15)16-18)13(9-10)19-11-5-7-17(2)8-6-11/h3-4,9,11,18H,5-8H2,1-2H3,(H2,15,16). The van der Waals surface area contributed by atoms with E-state index in [4.69, 9.17) is 15.7 Å². The second-order valence-electron chi connectivity index (χ2n) is 5.11. The van der Waals surface area contributed by atoms with Crippen molar-refractivity contribution < 1.29 is 9.94 Å². The number of hydrogen-bond acceptors (Lipinski definition) is 4. The van der Waals surface area contributed by atoms with Crippen LogP contribution in [0.5, 0.6) is 5.75 Å². The van der Waals surface area contributed by atoms with E-state index in [1.807, 2.05) is 25.1 Å². The number of likely N-dealkylation sites (tertiary alicyclic amines) is 1. The van der Waals surface area contributed by atoms with Crippen molar-refractivity contribution in [2.24, 2.45) is 10.9 Å². The van der Waals surface area contributed by atoms with Gasteiger partial charge < -0.3 is 20.6 Å². The smallest absolute Gasteiger partial charge is 0.173 e. The minimum absolute atomic E-state index is 0.0860. The first-order valence-corrected chi connectivity index (χ1v) is 6.54. The molecule has 0 aromatic heterocycles. The van der Waals surface area contributed by atoms with Gasteiger partial charge in [-0.1, -0.05) is 11.2 Å². The van der Waals surface area contributed by atoms with Crippen molar-refractivity contribution >= 4 is 5.84 Å². The van der Waals surface area contributed by atoms with Crippen LogP contribution in [0.25, 0.3) is 0 Å². The van der Waals surface area contributed by atoms with Gasteiger partial charge in [-0.15, -0.1) is 0 Å². The molecule has 1 saturated heterocycles. The van der Waals surface area contributed by atoms with Crippen LogP contribution in [0.4, 0.5) is 0 Å². The summed E-state index contributed by atoms with van der Waals surface area (Å²) in [6, 6.07) is 5.69. The third-order valence-corrected chi connectivity index (χ3v) is 3.48. The molecule has 3 N–H and O–H groups in total. The zero-order valence-corrected chi connectivity index (χ0v) is 11.5. The van der Waals surface area contributed by atoms with E-state index in [1.54, 1.807) is 0 Å². The Hall–Kier alpha value is -1.75. The van der Waals surface area contributed by atoms with E-state index in [0.717, 1.165) is 31.5 Å². The van der Waals surface area contributed by atoms with Gasteiger partial charge in [-0.3, -0.25) is 0 Å². The topological polar surface area (TPSA) is 71.1 Å². The highest BCUT2D eigenvalue weighted by atomic mass is 16.5. The second-order valence-corrected chi connectivity index (χ2v) is 5.11. The van der Waals surface area contributed by atoms with Gasteiger partial charge in [0.25, 0.3) is 0 Å². The molecule has 0 unspecified atom stereocenters. The minimum atomic E-state index is 0.0860. The lowest BCUT2D eigenvalue weighted by Crippen LogP contribution is -2.36. The van der Waals surface area contributed by atoms with Gasteiger partial charge in [0.15, 0.2) is 5.84 Å². The van der Waals surface area contributed by atoms with Gasteiger partial charge in [0.2, 0.25) is 0 Å². The van der Waals surface area contributed by atoms with Crippen LogP contribution in [0.1, 0.15) is 24.0 Å². The van der Waals surface area contributed by atoms with Crippen molar-refractivity contribution in [2.45, 2.75) is 25.9 Å². The van der Waals surface area contributed by atoms with Crippen molar-refractivity contribution in [2.75, 3.05) is 20.1 Å². The summed E-state index contributed by atoms with van der Waals surface area (Å²) in [6.07, 6.45) is 2.20. The molecule has 5 heteroatoms. The van der Waals surface area contributed by atoms with Crippen LogP contribution < -0.4 is 10.5 Å². The number of aryl methyl sites for hydroxylation is 1. The number of hydrogen-bond donors (Lipinski definition) is 2. The summed E-state index contributed by atoms with van der Waals surface area (Å²) >= 11 is 0. The molecule has 0 spiro atoms. The molecule has 1 aromatic rings. The maximum Gasteiger partial charge on any atom is 0.173 e. The summed E-state index contributed by atoms with van der Waals surface area (Å²) in [5, 5.41) is 11.9. The van der Waals surface area contributed by atoms with Gasteiger partial charge in [0.1, 0.15) is 11.9 Å². The Morgan fingerprint density at radius 1 is 1.42 bits per heavy atom. The molecule has 2 rings (SSSR count). The minimum Gasteiger partial charge on any atom is -0.490 e. The molecule has 0 saturated carbocycles. The Morgan fingerprint density at radius 2 is 2.11 bits per heavy atom. The molecule has 19 heavy (non-hydrogen) atoms. The Labute approximate surface area is 113 Å². The maximum atomic E-state index is 8.82. The molecule has 0 aliphatic carbocycles. The largest absolute Gasteiger partial charge is 0.490 e. The molecule has 1 aromatic carbocycles. The molecule has 0 bridgehead atoms. The molecule has 1 aliphatic heterocycles. The maximum absolute atomic E-state index is 8.82. The van der Waals surface area contributed by atoms with Crippen LogP contribution in [0.3, 0.4) is 0 Å². The summed E-state index contributed by atoms with van der Waals surface area (Å²) < 4.78 is 6.04. The summed E-state index contributed by atoms with van der Waals surface area (Å²) in [7, 11) is 2.12. The van der Waals surface area contributed by atoms with E-state index >= 15 is 0 Å². The molecule has 104 valence electrons. The fraction of sp³-hybridized carbons (Fsp3) is 0.500. The van der Waals surface area contributed by atoms with E-state index in [-0.39, 0.29) is 11.9 Å². The lowest BCUT2D eigenvalue weighted by atomic mass is 10.1. The number of oxime groups is 1. The number of benzene rings is 1. The first-order valence-electron chi connectivity index (χ1n) is 6.54. The summed E-state index contributed by atoms with van der Waals surface area (Å²) in [4.78, 5) is 2.29. The molecule has 0 radical (unpaired) electrons. The van der Waals surface area contributed by atoms with Crippen LogP contribution in [-0.4, -0.2) is 42.2 Å². The van der Waals surface area contributed by atoms with E-state index < -0.39 is 0 Å². The third-order valence-electron chi connectivity index (χ3n) is 3.48. The molecule has 0 amide bonds. The Morgan fingerprint density at radius 3 is 2.74 bits per heavy atom. The molecule has 1 heterocycles. The molecule has 1 fully saturated rings. The number of amidine groups is 1. The van der Waals surface area contributed by atoms with Crippen molar-refractivity contribution in [3.05, 3.63) is 29.3 Å². The first kappa shape index (κ1) is 13.7. The van der Waals surface area contributed by atoms with E-state index in [9.17, 15) is 0 Å². The Kier molecular flexibility index (Phi) is 4.27. The van der Waals surface area contributed by atoms with Gasteiger partial charge in [0, 0.05) is 13.1 Å². The highest BCUT2D eigenvalue weighted by Crippen LogP contribution is 2.24. The monoisotopic (exact) mass is 263 g/mol. The quantitative estimate of drug-likeness (QED) is 0.376. The number of piperidine rings is 1. The molecular formula is C14H21N3O2. The van der Waals surface area contributed by atoms with Crippen LogP contribution >= 0.6 is 0 Å². The van der Waals surface area contributed by atoms with Crippen molar-refractivity contribution in [3.63, 3.8) is 0 Å². The van der Waals surface area contributed by atoms with Gasteiger partial charge >= 0.3 is 0 Å². The lowest BCUT2D eigenvalue weighted by molar-refractivity contribution is 0.114. The van der Waals surface area contributed by atoms with Crippen LogP contribution in [0.15, 0.2) is 23.4 Å². The summed E-state index contributed by atoms with van der Waals surface area (Å²) in [5.74, 6) is 0.785. The second kappa shape index (κ2) is 5.93.